The number of anilines is 2. The van der Waals surface area contributed by atoms with Crippen molar-refractivity contribution in [2.75, 3.05) is 25.0 Å². The molecule has 154 valence electrons. The van der Waals surface area contributed by atoms with Gasteiger partial charge in [0.2, 0.25) is 0 Å². The smallest absolute Gasteiger partial charge is 0.253 e. The molecule has 2 unspecified atom stereocenters. The molecule has 2 heterocycles. The SMILES string of the molecule is CCN(CC)C(=O)c1cccc(N(c2ccccc2)C2CC3CCC(C2)N3C)c1. The molecule has 0 aromatic heterocycles. The fraction of sp³-hybridized carbons (Fsp3) is 0.480. The standard InChI is InChI=1S/C25H33N3O/c1-4-27(5-2)25(29)19-10-9-13-23(16-19)28(20-11-7-6-8-12-20)24-17-21-14-15-22(18-24)26(21)3/h6-13,16,21-22,24H,4-5,14-15,17-18H2,1-3H3. The molecule has 29 heavy (non-hydrogen) atoms. The zero-order chi connectivity index (χ0) is 20.4. The van der Waals surface area contributed by atoms with E-state index in [9.17, 15) is 4.79 Å². The lowest BCUT2D eigenvalue weighted by atomic mass is 9.95. The van der Waals surface area contributed by atoms with Crippen molar-refractivity contribution < 1.29 is 4.79 Å². The van der Waals surface area contributed by atoms with E-state index in [0.29, 0.717) is 18.1 Å². The Hall–Kier alpha value is -2.33. The molecule has 2 aromatic carbocycles. The summed E-state index contributed by atoms with van der Waals surface area (Å²) in [6, 6.07) is 20.7. The van der Waals surface area contributed by atoms with E-state index in [1.54, 1.807) is 0 Å². The molecular formula is C25H33N3O. The van der Waals surface area contributed by atoms with Crippen LogP contribution < -0.4 is 4.90 Å². The van der Waals surface area contributed by atoms with Gasteiger partial charge in [0, 0.05) is 48.2 Å². The largest absolute Gasteiger partial charge is 0.339 e. The second-order valence-corrected chi connectivity index (χ2v) is 8.41. The van der Waals surface area contributed by atoms with Crippen LogP contribution in [-0.2, 0) is 0 Å². The third-order valence-corrected chi connectivity index (χ3v) is 6.89. The van der Waals surface area contributed by atoms with Gasteiger partial charge in [0.05, 0.1) is 0 Å². The van der Waals surface area contributed by atoms with Crippen LogP contribution in [0.4, 0.5) is 11.4 Å². The lowest BCUT2D eigenvalue weighted by Crippen LogP contribution is -2.47. The van der Waals surface area contributed by atoms with E-state index in [4.69, 9.17) is 0 Å². The molecule has 1 amide bonds. The molecule has 2 aliphatic heterocycles. The lowest BCUT2D eigenvalue weighted by molar-refractivity contribution is 0.0773. The van der Waals surface area contributed by atoms with Crippen molar-refractivity contribution >= 4 is 17.3 Å². The van der Waals surface area contributed by atoms with Gasteiger partial charge in [-0.25, -0.2) is 0 Å². The minimum absolute atomic E-state index is 0.119. The number of amides is 1. The number of hydrogen-bond donors (Lipinski definition) is 0. The average molecular weight is 392 g/mol. The second-order valence-electron chi connectivity index (χ2n) is 8.41. The zero-order valence-electron chi connectivity index (χ0n) is 17.9. The van der Waals surface area contributed by atoms with Gasteiger partial charge < -0.3 is 14.7 Å². The van der Waals surface area contributed by atoms with E-state index in [1.807, 2.05) is 30.9 Å². The maximum atomic E-state index is 13.0. The molecule has 2 saturated heterocycles. The first-order valence-electron chi connectivity index (χ1n) is 11.1. The topological polar surface area (TPSA) is 26.8 Å². The summed E-state index contributed by atoms with van der Waals surface area (Å²) < 4.78 is 0. The molecule has 0 spiro atoms. The average Bonchev–Trinajstić information content (AvgIpc) is 2.96. The number of carbonyl (C=O) groups is 1. The van der Waals surface area contributed by atoms with Crippen LogP contribution in [0, 0.1) is 0 Å². The summed E-state index contributed by atoms with van der Waals surface area (Å²) >= 11 is 0. The number of nitrogens with zero attached hydrogens (tertiary/aromatic N) is 3. The highest BCUT2D eigenvalue weighted by Crippen LogP contribution is 2.40. The van der Waals surface area contributed by atoms with Gasteiger partial charge in [-0.1, -0.05) is 24.3 Å². The highest BCUT2D eigenvalue weighted by Gasteiger charge is 2.40. The number of piperidine rings is 1. The van der Waals surface area contributed by atoms with Crippen LogP contribution in [0.15, 0.2) is 54.6 Å². The molecular weight excluding hydrogens is 358 g/mol. The number of hydrogen-bond acceptors (Lipinski definition) is 3. The molecule has 4 nitrogen and oxygen atoms in total. The number of rotatable bonds is 6. The van der Waals surface area contributed by atoms with Crippen molar-refractivity contribution in [3.63, 3.8) is 0 Å². The molecule has 4 rings (SSSR count). The Bertz CT molecular complexity index is 819. The zero-order valence-corrected chi connectivity index (χ0v) is 17.9. The summed E-state index contributed by atoms with van der Waals surface area (Å²) in [5, 5.41) is 0. The van der Waals surface area contributed by atoms with Gasteiger partial charge in [-0.2, -0.15) is 0 Å². The Balaban J connectivity index is 1.69. The van der Waals surface area contributed by atoms with Gasteiger partial charge in [0.15, 0.2) is 0 Å². The summed E-state index contributed by atoms with van der Waals surface area (Å²) in [4.78, 5) is 19.9. The van der Waals surface area contributed by atoms with Crippen molar-refractivity contribution in [2.45, 2.75) is 57.7 Å². The lowest BCUT2D eigenvalue weighted by Gasteiger charge is -2.43. The normalized spacial score (nSPS) is 23.8. The molecule has 2 aliphatic rings. The fourth-order valence-electron chi connectivity index (χ4n) is 5.24. The number of carbonyl (C=O) groups excluding carboxylic acids is 1. The van der Waals surface area contributed by atoms with Gasteiger partial charge in [-0.05, 0) is 76.9 Å². The van der Waals surface area contributed by atoms with Crippen LogP contribution in [0.3, 0.4) is 0 Å². The minimum atomic E-state index is 0.119. The van der Waals surface area contributed by atoms with E-state index in [0.717, 1.165) is 24.3 Å². The highest BCUT2D eigenvalue weighted by molar-refractivity contribution is 5.95. The molecule has 4 heteroatoms. The van der Waals surface area contributed by atoms with E-state index in [2.05, 4.69) is 59.3 Å². The summed E-state index contributed by atoms with van der Waals surface area (Å²) in [5.74, 6) is 0.119. The van der Waals surface area contributed by atoms with Gasteiger partial charge in [0.1, 0.15) is 0 Å². The third-order valence-electron chi connectivity index (χ3n) is 6.89. The fourth-order valence-corrected chi connectivity index (χ4v) is 5.24. The predicted molar refractivity (Wildman–Crippen MR) is 120 cm³/mol. The molecule has 2 atom stereocenters. The quantitative estimate of drug-likeness (QED) is 0.698. The Labute approximate surface area is 175 Å². The van der Waals surface area contributed by atoms with Crippen LogP contribution in [0.2, 0.25) is 0 Å². The Kier molecular flexibility index (Phi) is 5.91. The van der Waals surface area contributed by atoms with Crippen molar-refractivity contribution in [1.29, 1.82) is 0 Å². The van der Waals surface area contributed by atoms with E-state index in [1.165, 1.54) is 31.4 Å². The van der Waals surface area contributed by atoms with Crippen molar-refractivity contribution in [1.82, 2.24) is 9.80 Å². The van der Waals surface area contributed by atoms with Crippen molar-refractivity contribution in [3.05, 3.63) is 60.2 Å². The predicted octanol–water partition coefficient (Wildman–Crippen LogP) is 4.93. The summed E-state index contributed by atoms with van der Waals surface area (Å²) in [5.41, 5.74) is 3.13. The van der Waals surface area contributed by atoms with Gasteiger partial charge in [-0.3, -0.25) is 4.79 Å². The Morgan fingerprint density at radius 2 is 1.55 bits per heavy atom. The molecule has 0 N–H and O–H groups in total. The Morgan fingerprint density at radius 3 is 2.17 bits per heavy atom. The minimum Gasteiger partial charge on any atom is -0.339 e. The van der Waals surface area contributed by atoms with E-state index < -0.39 is 0 Å². The Morgan fingerprint density at radius 1 is 0.931 bits per heavy atom. The van der Waals surface area contributed by atoms with Gasteiger partial charge in [-0.15, -0.1) is 0 Å². The first-order valence-corrected chi connectivity index (χ1v) is 11.1. The second kappa shape index (κ2) is 8.58. The third kappa shape index (κ3) is 3.91. The molecule has 0 saturated carbocycles. The molecule has 2 bridgehead atoms. The van der Waals surface area contributed by atoms with Crippen LogP contribution >= 0.6 is 0 Å². The number of fused-ring (bicyclic) bond motifs is 2. The highest BCUT2D eigenvalue weighted by atomic mass is 16.2. The molecule has 0 aliphatic carbocycles. The molecule has 2 aromatic rings. The first kappa shape index (κ1) is 20.0. The first-order chi connectivity index (χ1) is 14.1. The number of benzene rings is 2. The van der Waals surface area contributed by atoms with E-state index in [-0.39, 0.29) is 5.91 Å². The summed E-state index contributed by atoms with van der Waals surface area (Å²) in [6.07, 6.45) is 4.97. The maximum Gasteiger partial charge on any atom is 0.253 e. The number of para-hydroxylation sites is 1. The summed E-state index contributed by atoms with van der Waals surface area (Å²) in [7, 11) is 2.29. The van der Waals surface area contributed by atoms with Crippen LogP contribution in [-0.4, -0.2) is 54.0 Å². The van der Waals surface area contributed by atoms with E-state index >= 15 is 0 Å². The molecule has 2 fully saturated rings. The van der Waals surface area contributed by atoms with Crippen LogP contribution in [0.1, 0.15) is 49.9 Å². The van der Waals surface area contributed by atoms with Crippen molar-refractivity contribution in [2.24, 2.45) is 0 Å². The summed E-state index contributed by atoms with van der Waals surface area (Å²) in [6.45, 7) is 5.55. The van der Waals surface area contributed by atoms with Gasteiger partial charge in [0.25, 0.3) is 5.91 Å². The monoisotopic (exact) mass is 391 g/mol. The van der Waals surface area contributed by atoms with Crippen LogP contribution in [0.25, 0.3) is 0 Å². The van der Waals surface area contributed by atoms with Crippen molar-refractivity contribution in [3.8, 4) is 0 Å². The van der Waals surface area contributed by atoms with Gasteiger partial charge >= 0.3 is 0 Å². The molecule has 0 radical (unpaired) electrons. The maximum absolute atomic E-state index is 13.0. The van der Waals surface area contributed by atoms with Crippen LogP contribution in [0.5, 0.6) is 0 Å².